The number of carbonyl (C=O) groups excluding carboxylic acids is 1. The molecule has 102 valence electrons. The van der Waals surface area contributed by atoms with Crippen molar-refractivity contribution in [3.8, 4) is 6.07 Å². The normalized spacial score (nSPS) is 11.2. The van der Waals surface area contributed by atoms with Crippen LogP contribution in [0.4, 0.5) is 5.69 Å². The van der Waals surface area contributed by atoms with Crippen LogP contribution in [0.1, 0.15) is 12.5 Å². The minimum absolute atomic E-state index is 0.0667. The monoisotopic (exact) mass is 282 g/mol. The number of hydrogen-bond donors (Lipinski definition) is 2. The average molecular weight is 282 g/mol. The molecule has 0 saturated heterocycles. The van der Waals surface area contributed by atoms with Gasteiger partial charge in [0.25, 0.3) is 0 Å². The van der Waals surface area contributed by atoms with E-state index in [2.05, 4.69) is 0 Å². The maximum atomic E-state index is 12.3. The van der Waals surface area contributed by atoms with Crippen molar-refractivity contribution in [3.05, 3.63) is 23.8 Å². The largest absolute Gasteiger partial charge is 0.399 e. The molecular formula is C11H14N4O3S. The number of carbonyl (C=O) groups is 1. The van der Waals surface area contributed by atoms with Crippen LogP contribution in [0.15, 0.2) is 23.1 Å². The third kappa shape index (κ3) is 3.21. The third-order valence-electron chi connectivity index (χ3n) is 2.43. The highest BCUT2D eigenvalue weighted by Gasteiger charge is 2.27. The van der Waals surface area contributed by atoms with Gasteiger partial charge in [-0.05, 0) is 18.2 Å². The number of likely N-dealkylation sites (N-methyl/N-ethyl adjacent to an activating group) is 1. The highest BCUT2D eigenvalue weighted by Crippen LogP contribution is 2.21. The SMILES string of the molecule is CCN(CC(N)=O)S(=O)(=O)c1ccc(N)cc1C#N. The topological polar surface area (TPSA) is 130 Å². The molecule has 0 aliphatic carbocycles. The lowest BCUT2D eigenvalue weighted by Crippen LogP contribution is -2.38. The second kappa shape index (κ2) is 5.69. The molecule has 0 heterocycles. The van der Waals surface area contributed by atoms with Crippen LogP contribution in [0.2, 0.25) is 0 Å². The Balaban J connectivity index is 3.34. The quantitative estimate of drug-likeness (QED) is 0.712. The fraction of sp³-hybridized carbons (Fsp3) is 0.273. The van der Waals surface area contributed by atoms with Crippen LogP contribution in [0, 0.1) is 11.3 Å². The van der Waals surface area contributed by atoms with Gasteiger partial charge in [-0.3, -0.25) is 4.79 Å². The summed E-state index contributed by atoms with van der Waals surface area (Å²) >= 11 is 0. The van der Waals surface area contributed by atoms with Gasteiger partial charge in [-0.1, -0.05) is 6.92 Å². The molecule has 4 N–H and O–H groups in total. The second-order valence-corrected chi connectivity index (χ2v) is 5.67. The van der Waals surface area contributed by atoms with Crippen LogP contribution in [0.25, 0.3) is 0 Å². The third-order valence-corrected chi connectivity index (χ3v) is 4.41. The molecule has 0 bridgehead atoms. The number of nitrogen functional groups attached to an aromatic ring is 1. The fourth-order valence-corrected chi connectivity index (χ4v) is 3.08. The summed E-state index contributed by atoms with van der Waals surface area (Å²) in [4.78, 5) is 10.7. The van der Waals surface area contributed by atoms with Crippen LogP contribution < -0.4 is 11.5 Å². The van der Waals surface area contributed by atoms with E-state index in [0.29, 0.717) is 0 Å². The first-order valence-corrected chi connectivity index (χ1v) is 6.85. The van der Waals surface area contributed by atoms with E-state index in [1.807, 2.05) is 0 Å². The maximum Gasteiger partial charge on any atom is 0.244 e. The fourth-order valence-electron chi connectivity index (χ4n) is 1.54. The van der Waals surface area contributed by atoms with Gasteiger partial charge < -0.3 is 11.5 Å². The Morgan fingerprint density at radius 1 is 1.47 bits per heavy atom. The Morgan fingerprint density at radius 2 is 2.11 bits per heavy atom. The predicted molar refractivity (Wildman–Crippen MR) is 69.2 cm³/mol. The Morgan fingerprint density at radius 3 is 2.58 bits per heavy atom. The van der Waals surface area contributed by atoms with Crippen LogP contribution in [-0.2, 0) is 14.8 Å². The Bertz CT molecular complexity index is 634. The molecule has 0 atom stereocenters. The van der Waals surface area contributed by atoms with Crippen LogP contribution >= 0.6 is 0 Å². The van der Waals surface area contributed by atoms with E-state index in [0.717, 1.165) is 4.31 Å². The predicted octanol–water partition coefficient (Wildman–Crippen LogP) is -0.364. The van der Waals surface area contributed by atoms with Gasteiger partial charge in [0.05, 0.1) is 12.1 Å². The zero-order valence-corrected chi connectivity index (χ0v) is 11.1. The standard InChI is InChI=1S/C11H14N4O3S/c1-2-15(7-11(14)16)19(17,18)10-4-3-9(13)5-8(10)6-12/h3-5H,2,7,13H2,1H3,(H2,14,16). The van der Waals surface area contributed by atoms with Crippen molar-refractivity contribution < 1.29 is 13.2 Å². The molecule has 19 heavy (non-hydrogen) atoms. The van der Waals surface area contributed by atoms with Gasteiger partial charge in [0.2, 0.25) is 15.9 Å². The molecule has 1 amide bonds. The van der Waals surface area contributed by atoms with Gasteiger partial charge in [-0.2, -0.15) is 9.57 Å². The smallest absolute Gasteiger partial charge is 0.244 e. The highest BCUT2D eigenvalue weighted by molar-refractivity contribution is 7.89. The lowest BCUT2D eigenvalue weighted by Gasteiger charge is -2.19. The lowest BCUT2D eigenvalue weighted by molar-refractivity contribution is -0.118. The molecular weight excluding hydrogens is 268 g/mol. The number of sulfonamides is 1. The molecule has 1 aromatic carbocycles. The Hall–Kier alpha value is -2.11. The summed E-state index contributed by atoms with van der Waals surface area (Å²) in [5.74, 6) is -0.764. The number of nitrogens with two attached hydrogens (primary N) is 2. The van der Waals surface area contributed by atoms with E-state index in [4.69, 9.17) is 16.7 Å². The van der Waals surface area contributed by atoms with E-state index in [1.165, 1.54) is 18.2 Å². The van der Waals surface area contributed by atoms with Crippen molar-refractivity contribution in [1.82, 2.24) is 4.31 Å². The minimum atomic E-state index is -3.95. The van der Waals surface area contributed by atoms with Crippen molar-refractivity contribution in [2.24, 2.45) is 5.73 Å². The number of hydrogen-bond acceptors (Lipinski definition) is 5. The molecule has 7 nitrogen and oxygen atoms in total. The van der Waals surface area contributed by atoms with Crippen molar-refractivity contribution in [3.63, 3.8) is 0 Å². The van der Waals surface area contributed by atoms with Crippen molar-refractivity contribution in [2.45, 2.75) is 11.8 Å². The van der Waals surface area contributed by atoms with E-state index in [1.54, 1.807) is 13.0 Å². The van der Waals surface area contributed by atoms with Gasteiger partial charge >= 0.3 is 0 Å². The molecule has 0 radical (unpaired) electrons. The summed E-state index contributed by atoms with van der Waals surface area (Å²) in [7, 11) is -3.95. The van der Waals surface area contributed by atoms with Crippen molar-refractivity contribution in [1.29, 1.82) is 5.26 Å². The molecule has 0 fully saturated rings. The summed E-state index contributed by atoms with van der Waals surface area (Å²) < 4.78 is 25.5. The van der Waals surface area contributed by atoms with Crippen molar-refractivity contribution >= 4 is 21.6 Å². The summed E-state index contributed by atoms with van der Waals surface area (Å²) in [6, 6.07) is 5.67. The molecule has 8 heteroatoms. The number of nitriles is 1. The molecule has 1 rings (SSSR count). The van der Waals surface area contributed by atoms with E-state index < -0.39 is 22.5 Å². The molecule has 0 unspecified atom stereocenters. The first kappa shape index (κ1) is 14.9. The summed E-state index contributed by atoms with van der Waals surface area (Å²) in [6.07, 6.45) is 0. The minimum Gasteiger partial charge on any atom is -0.399 e. The number of primary amides is 1. The zero-order chi connectivity index (χ0) is 14.6. The summed E-state index contributed by atoms with van der Waals surface area (Å²) in [5, 5.41) is 8.96. The molecule has 0 aliphatic heterocycles. The Labute approximate surface area is 111 Å². The van der Waals surface area contributed by atoms with E-state index in [9.17, 15) is 13.2 Å². The van der Waals surface area contributed by atoms with Crippen molar-refractivity contribution in [2.75, 3.05) is 18.8 Å². The van der Waals surface area contributed by atoms with Gasteiger partial charge in [0.1, 0.15) is 11.0 Å². The average Bonchev–Trinajstić information content (AvgIpc) is 2.34. The van der Waals surface area contributed by atoms with Gasteiger partial charge in [-0.15, -0.1) is 0 Å². The first-order chi connectivity index (χ1) is 8.82. The van der Waals surface area contributed by atoms with Crippen LogP contribution in [0.5, 0.6) is 0 Å². The number of amides is 1. The molecule has 0 saturated carbocycles. The van der Waals surface area contributed by atoms with Crippen LogP contribution in [-0.4, -0.2) is 31.7 Å². The van der Waals surface area contributed by atoms with Gasteiger partial charge in [0, 0.05) is 12.2 Å². The number of benzene rings is 1. The van der Waals surface area contributed by atoms with Crippen LogP contribution in [0.3, 0.4) is 0 Å². The lowest BCUT2D eigenvalue weighted by atomic mass is 10.2. The van der Waals surface area contributed by atoms with E-state index in [-0.39, 0.29) is 22.7 Å². The summed E-state index contributed by atoms with van der Waals surface area (Å²) in [6.45, 7) is 1.21. The highest BCUT2D eigenvalue weighted by atomic mass is 32.2. The maximum absolute atomic E-state index is 12.3. The first-order valence-electron chi connectivity index (χ1n) is 5.41. The molecule has 0 aromatic heterocycles. The van der Waals surface area contributed by atoms with Gasteiger partial charge in [-0.25, -0.2) is 8.42 Å². The molecule has 1 aromatic rings. The number of anilines is 1. The second-order valence-electron chi connectivity index (χ2n) is 3.76. The van der Waals surface area contributed by atoms with E-state index >= 15 is 0 Å². The Kier molecular flexibility index (Phi) is 4.47. The molecule has 0 aliphatic rings. The summed E-state index contributed by atoms with van der Waals surface area (Å²) in [5.41, 5.74) is 10.7. The number of nitrogens with zero attached hydrogens (tertiary/aromatic N) is 2. The number of rotatable bonds is 5. The molecule has 0 spiro atoms. The zero-order valence-electron chi connectivity index (χ0n) is 10.3. The van der Waals surface area contributed by atoms with Gasteiger partial charge in [0.15, 0.2) is 0 Å².